The van der Waals surface area contributed by atoms with Crippen LogP contribution in [0.15, 0.2) is 72.8 Å². The molecular weight excluding hydrogens is 390 g/mol. The highest BCUT2D eigenvalue weighted by molar-refractivity contribution is 5.97. The minimum Gasteiger partial charge on any atom is -0.489 e. The highest BCUT2D eigenvalue weighted by atomic mass is 16.5. The number of hydrogen-bond acceptors (Lipinski definition) is 4. The van der Waals surface area contributed by atoms with Gasteiger partial charge >= 0.3 is 5.97 Å². The first kappa shape index (κ1) is 20.4. The van der Waals surface area contributed by atoms with Crippen molar-refractivity contribution in [1.82, 2.24) is 4.98 Å². The molecule has 31 heavy (non-hydrogen) atoms. The molecule has 0 unspecified atom stereocenters. The van der Waals surface area contributed by atoms with E-state index in [1.165, 1.54) is 0 Å². The molecule has 3 aromatic carbocycles. The molecule has 0 radical (unpaired) electrons. The molecule has 1 heterocycles. The zero-order chi connectivity index (χ0) is 21.8. The molecule has 0 bridgehead atoms. The highest BCUT2D eigenvalue weighted by Crippen LogP contribution is 2.28. The molecule has 0 aliphatic heterocycles. The summed E-state index contributed by atoms with van der Waals surface area (Å²) in [6.07, 6.45) is 0. The number of nitrogens with zero attached hydrogens (tertiary/aromatic N) is 1. The molecule has 4 rings (SSSR count). The third-order valence-corrected chi connectivity index (χ3v) is 5.21. The maximum atomic E-state index is 12.3. The molecule has 1 N–H and O–H groups in total. The first-order chi connectivity index (χ1) is 15.0. The summed E-state index contributed by atoms with van der Waals surface area (Å²) in [7, 11) is 0. The SMILES string of the molecule is Cc1ccccc1OCc1nc2ccccc2c(COc2ccccc2C)c1C(=O)O. The van der Waals surface area contributed by atoms with E-state index in [0.717, 1.165) is 22.3 Å². The molecule has 0 spiro atoms. The molecular formula is C26H23NO4. The highest BCUT2D eigenvalue weighted by Gasteiger charge is 2.22. The summed E-state index contributed by atoms with van der Waals surface area (Å²) < 4.78 is 12.0. The van der Waals surface area contributed by atoms with Crippen LogP contribution in [0.1, 0.15) is 32.7 Å². The third-order valence-electron chi connectivity index (χ3n) is 5.21. The number of fused-ring (bicyclic) bond motifs is 1. The molecule has 5 nitrogen and oxygen atoms in total. The molecule has 0 saturated heterocycles. The molecule has 0 atom stereocenters. The van der Waals surface area contributed by atoms with E-state index in [4.69, 9.17) is 9.47 Å². The molecule has 0 amide bonds. The normalized spacial score (nSPS) is 10.8. The van der Waals surface area contributed by atoms with Crippen LogP contribution in [0.3, 0.4) is 0 Å². The number of rotatable bonds is 7. The summed E-state index contributed by atoms with van der Waals surface area (Å²) in [5.41, 5.74) is 3.76. The van der Waals surface area contributed by atoms with Gasteiger partial charge in [-0.25, -0.2) is 9.78 Å². The Morgan fingerprint density at radius 2 is 1.35 bits per heavy atom. The second kappa shape index (κ2) is 8.88. The number of ether oxygens (including phenoxy) is 2. The summed E-state index contributed by atoms with van der Waals surface area (Å²) in [4.78, 5) is 16.9. The summed E-state index contributed by atoms with van der Waals surface area (Å²) in [6, 6.07) is 22.8. The van der Waals surface area contributed by atoms with E-state index in [9.17, 15) is 9.90 Å². The van der Waals surface area contributed by atoms with Crippen LogP contribution >= 0.6 is 0 Å². The van der Waals surface area contributed by atoms with Crippen molar-refractivity contribution in [2.75, 3.05) is 0 Å². The second-order valence-electron chi connectivity index (χ2n) is 7.34. The summed E-state index contributed by atoms with van der Waals surface area (Å²) >= 11 is 0. The Hall–Kier alpha value is -3.86. The molecule has 0 aliphatic carbocycles. The Bertz CT molecular complexity index is 1250. The fourth-order valence-electron chi connectivity index (χ4n) is 3.58. The number of aromatic carboxylic acids is 1. The molecule has 0 saturated carbocycles. The van der Waals surface area contributed by atoms with Crippen LogP contribution in [0.25, 0.3) is 10.9 Å². The average Bonchev–Trinajstić information content (AvgIpc) is 2.77. The van der Waals surface area contributed by atoms with Crippen LogP contribution < -0.4 is 9.47 Å². The van der Waals surface area contributed by atoms with Crippen LogP contribution in [0.2, 0.25) is 0 Å². The maximum Gasteiger partial charge on any atom is 0.338 e. The zero-order valence-electron chi connectivity index (χ0n) is 17.5. The van der Waals surface area contributed by atoms with Crippen LogP contribution in [-0.2, 0) is 13.2 Å². The zero-order valence-corrected chi connectivity index (χ0v) is 17.5. The Kier molecular flexibility index (Phi) is 5.85. The van der Waals surface area contributed by atoms with Crippen molar-refractivity contribution in [2.24, 2.45) is 0 Å². The first-order valence-corrected chi connectivity index (χ1v) is 10.0. The van der Waals surface area contributed by atoms with Crippen molar-refractivity contribution in [3.05, 3.63) is 101 Å². The molecule has 5 heteroatoms. The van der Waals surface area contributed by atoms with Crippen molar-refractivity contribution < 1.29 is 19.4 Å². The minimum absolute atomic E-state index is 0.0503. The number of pyridine rings is 1. The smallest absolute Gasteiger partial charge is 0.338 e. The van der Waals surface area contributed by atoms with Gasteiger partial charge < -0.3 is 14.6 Å². The lowest BCUT2D eigenvalue weighted by Gasteiger charge is -2.17. The number of hydrogen-bond donors (Lipinski definition) is 1. The van der Waals surface area contributed by atoms with Crippen molar-refractivity contribution in [3.8, 4) is 11.5 Å². The predicted molar refractivity (Wildman–Crippen MR) is 120 cm³/mol. The lowest BCUT2D eigenvalue weighted by atomic mass is 10.0. The van der Waals surface area contributed by atoms with Gasteiger partial charge in [-0.05, 0) is 43.2 Å². The van der Waals surface area contributed by atoms with E-state index in [1.54, 1.807) is 0 Å². The van der Waals surface area contributed by atoms with Gasteiger partial charge in [-0.15, -0.1) is 0 Å². The Morgan fingerprint density at radius 1 is 0.806 bits per heavy atom. The number of carbonyl (C=O) groups is 1. The predicted octanol–water partition coefficient (Wildman–Crippen LogP) is 5.71. The number of benzene rings is 3. The number of para-hydroxylation sites is 3. The molecule has 156 valence electrons. The van der Waals surface area contributed by atoms with Crippen LogP contribution in [0.4, 0.5) is 0 Å². The molecule has 4 aromatic rings. The van der Waals surface area contributed by atoms with Crippen LogP contribution in [0.5, 0.6) is 11.5 Å². The maximum absolute atomic E-state index is 12.3. The standard InChI is InChI=1S/C26H23NO4/c1-17-9-3-7-13-23(17)30-15-20-19-11-5-6-12-21(19)27-22(25(20)26(28)29)16-31-24-14-8-4-10-18(24)2/h3-14H,15-16H2,1-2H3,(H,28,29). The van der Waals surface area contributed by atoms with Crippen molar-refractivity contribution in [3.63, 3.8) is 0 Å². The van der Waals surface area contributed by atoms with Crippen LogP contribution in [-0.4, -0.2) is 16.1 Å². The summed E-state index contributed by atoms with van der Waals surface area (Å²) in [5.74, 6) is 0.369. The van der Waals surface area contributed by atoms with E-state index in [2.05, 4.69) is 4.98 Å². The lowest BCUT2D eigenvalue weighted by molar-refractivity contribution is 0.0690. The van der Waals surface area contributed by atoms with Gasteiger partial charge in [0.25, 0.3) is 0 Å². The minimum atomic E-state index is -1.05. The molecule has 0 aliphatic rings. The fourth-order valence-corrected chi connectivity index (χ4v) is 3.58. The van der Waals surface area contributed by atoms with Crippen molar-refractivity contribution >= 4 is 16.9 Å². The van der Waals surface area contributed by atoms with E-state index < -0.39 is 5.97 Å². The van der Waals surface area contributed by atoms with Gasteiger partial charge in [0.2, 0.25) is 0 Å². The largest absolute Gasteiger partial charge is 0.489 e. The number of carboxylic acids is 1. The third kappa shape index (κ3) is 4.36. The number of aryl methyl sites for hydroxylation is 2. The van der Waals surface area contributed by atoms with Gasteiger partial charge in [-0.3, -0.25) is 0 Å². The van der Waals surface area contributed by atoms with Gasteiger partial charge in [0.15, 0.2) is 0 Å². The van der Waals surface area contributed by atoms with Crippen molar-refractivity contribution in [2.45, 2.75) is 27.1 Å². The Morgan fingerprint density at radius 3 is 1.97 bits per heavy atom. The Balaban J connectivity index is 1.75. The van der Waals surface area contributed by atoms with E-state index >= 15 is 0 Å². The van der Waals surface area contributed by atoms with E-state index in [0.29, 0.717) is 22.5 Å². The van der Waals surface area contributed by atoms with Crippen LogP contribution in [0, 0.1) is 13.8 Å². The average molecular weight is 413 g/mol. The van der Waals surface area contributed by atoms with E-state index in [1.807, 2.05) is 86.6 Å². The Labute approximate surface area is 180 Å². The van der Waals surface area contributed by atoms with Gasteiger partial charge in [0.1, 0.15) is 24.7 Å². The van der Waals surface area contributed by atoms with E-state index in [-0.39, 0.29) is 18.8 Å². The lowest BCUT2D eigenvalue weighted by Crippen LogP contribution is -2.14. The first-order valence-electron chi connectivity index (χ1n) is 10.0. The topological polar surface area (TPSA) is 68.7 Å². The molecule has 1 aromatic heterocycles. The summed E-state index contributed by atoms with van der Waals surface area (Å²) in [6.45, 7) is 4.07. The van der Waals surface area contributed by atoms with Gasteiger partial charge in [-0.1, -0.05) is 54.6 Å². The van der Waals surface area contributed by atoms with Crippen molar-refractivity contribution in [1.29, 1.82) is 0 Å². The fraction of sp³-hybridized carbons (Fsp3) is 0.154. The van der Waals surface area contributed by atoms with Gasteiger partial charge in [0.05, 0.1) is 16.8 Å². The quantitative estimate of drug-likeness (QED) is 0.420. The number of carboxylic acid groups (broad SMARTS) is 1. The van der Waals surface area contributed by atoms with Gasteiger partial charge in [-0.2, -0.15) is 0 Å². The number of aromatic nitrogens is 1. The monoisotopic (exact) mass is 413 g/mol. The second-order valence-corrected chi connectivity index (χ2v) is 7.34. The van der Waals surface area contributed by atoms with Gasteiger partial charge in [0, 0.05) is 10.9 Å². The molecule has 0 fully saturated rings. The summed E-state index contributed by atoms with van der Waals surface area (Å²) in [5, 5.41) is 10.8.